The van der Waals surface area contributed by atoms with Gasteiger partial charge in [0.25, 0.3) is 0 Å². The van der Waals surface area contributed by atoms with E-state index in [-0.39, 0.29) is 13.2 Å². The first kappa shape index (κ1) is 37.2. The van der Waals surface area contributed by atoms with Crippen LogP contribution in [0.2, 0.25) is 0 Å². The fraction of sp³-hybridized carbons (Fsp3) is 0.333. The van der Waals surface area contributed by atoms with E-state index in [1.54, 1.807) is 0 Å². The molecule has 0 unspecified atom stereocenters. The van der Waals surface area contributed by atoms with Gasteiger partial charge in [-0.1, -0.05) is 0 Å². The van der Waals surface area contributed by atoms with E-state index < -0.39 is 35.8 Å². The third-order valence-corrected chi connectivity index (χ3v) is 1.95. The Bertz CT molecular complexity index is 555. The molecule has 0 saturated carbocycles. The number of aliphatic hydroxyl groups excluding tert-OH is 2. The van der Waals surface area contributed by atoms with Gasteiger partial charge >= 0.3 is 35.8 Å². The molecule has 0 heterocycles. The van der Waals surface area contributed by atoms with Crippen LogP contribution >= 0.6 is 0 Å². The Hall–Kier alpha value is -4.12. The SMILES string of the molecule is O=C(O)C=CC(=O)O.O=C(O)C=CC(=O)O.O=C(O)C=CC(=O)O.OCCOCCOCCO. The molecule has 0 aliphatic carbocycles. The van der Waals surface area contributed by atoms with Crippen molar-refractivity contribution in [2.24, 2.45) is 0 Å². The van der Waals surface area contributed by atoms with Gasteiger partial charge in [-0.25, -0.2) is 28.8 Å². The van der Waals surface area contributed by atoms with Crippen LogP contribution in [0.25, 0.3) is 0 Å². The van der Waals surface area contributed by atoms with Crippen molar-refractivity contribution in [2.45, 2.75) is 0 Å². The first-order valence-corrected chi connectivity index (χ1v) is 8.59. The lowest BCUT2D eigenvalue weighted by Crippen LogP contribution is -2.09. The zero-order chi connectivity index (χ0) is 27.4. The van der Waals surface area contributed by atoms with Gasteiger partial charge in [0.15, 0.2) is 0 Å². The molecule has 194 valence electrons. The summed E-state index contributed by atoms with van der Waals surface area (Å²) in [5, 5.41) is 63.4. The van der Waals surface area contributed by atoms with Crippen LogP contribution in [-0.4, -0.2) is 116 Å². The second kappa shape index (κ2) is 28.9. The number of carboxylic acids is 6. The van der Waals surface area contributed by atoms with E-state index in [9.17, 15) is 28.8 Å². The van der Waals surface area contributed by atoms with Crippen molar-refractivity contribution in [3.63, 3.8) is 0 Å². The summed E-state index contributed by atoms with van der Waals surface area (Å²) in [7, 11) is 0. The van der Waals surface area contributed by atoms with Crippen LogP contribution < -0.4 is 0 Å². The highest BCUT2D eigenvalue weighted by atomic mass is 16.5. The van der Waals surface area contributed by atoms with Gasteiger partial charge in [-0.05, 0) is 0 Å². The van der Waals surface area contributed by atoms with E-state index in [2.05, 4.69) is 0 Å². The van der Waals surface area contributed by atoms with Gasteiger partial charge in [0, 0.05) is 36.5 Å². The number of ether oxygens (including phenoxy) is 2. The van der Waals surface area contributed by atoms with Crippen molar-refractivity contribution in [1.29, 1.82) is 0 Å². The van der Waals surface area contributed by atoms with E-state index in [0.29, 0.717) is 62.9 Å². The predicted molar refractivity (Wildman–Crippen MR) is 109 cm³/mol. The predicted octanol–water partition coefficient (Wildman–Crippen LogP) is -1.86. The first-order valence-electron chi connectivity index (χ1n) is 8.59. The fourth-order valence-electron chi connectivity index (χ4n) is 0.879. The minimum Gasteiger partial charge on any atom is -0.478 e. The lowest BCUT2D eigenvalue weighted by atomic mass is 10.5. The highest BCUT2D eigenvalue weighted by Gasteiger charge is 1.89. The van der Waals surface area contributed by atoms with Gasteiger partial charge in [-0.15, -0.1) is 0 Å². The van der Waals surface area contributed by atoms with Crippen LogP contribution in [0.15, 0.2) is 36.5 Å². The summed E-state index contributed by atoms with van der Waals surface area (Å²) < 4.78 is 9.75. The average molecular weight is 498 g/mol. The highest BCUT2D eigenvalue weighted by Crippen LogP contribution is 1.76. The molecular formula is C18H26O16. The lowest BCUT2D eigenvalue weighted by Gasteiger charge is -2.01. The van der Waals surface area contributed by atoms with Crippen molar-refractivity contribution < 1.29 is 79.1 Å². The third kappa shape index (κ3) is 63.0. The topological polar surface area (TPSA) is 283 Å². The molecule has 0 saturated heterocycles. The van der Waals surface area contributed by atoms with Gasteiger partial charge in [-0.3, -0.25) is 0 Å². The first-order chi connectivity index (χ1) is 15.8. The molecule has 16 heteroatoms. The van der Waals surface area contributed by atoms with Crippen molar-refractivity contribution in [3.8, 4) is 0 Å². The monoisotopic (exact) mass is 498 g/mol. The van der Waals surface area contributed by atoms with Crippen molar-refractivity contribution in [2.75, 3.05) is 39.6 Å². The van der Waals surface area contributed by atoms with Crippen molar-refractivity contribution >= 4 is 35.8 Å². The van der Waals surface area contributed by atoms with Gasteiger partial charge in [0.1, 0.15) is 0 Å². The number of rotatable bonds is 13. The standard InChI is InChI=1S/C6H14O4.3C4H4O4/c7-1-3-9-5-6-10-4-2-8;3*5-3(6)1-2-4(7)8/h7-8H,1-6H2;3*1-2H,(H,5,6)(H,7,8). The molecule has 0 aromatic carbocycles. The molecule has 0 atom stereocenters. The van der Waals surface area contributed by atoms with Gasteiger partial charge in [0.05, 0.1) is 39.6 Å². The summed E-state index contributed by atoms with van der Waals surface area (Å²) >= 11 is 0. The number of carboxylic acid groups (broad SMARTS) is 6. The number of carbonyl (C=O) groups is 6. The fourth-order valence-corrected chi connectivity index (χ4v) is 0.879. The molecular weight excluding hydrogens is 472 g/mol. The van der Waals surface area contributed by atoms with E-state index in [0.717, 1.165) is 0 Å². The average Bonchev–Trinajstić information content (AvgIpc) is 2.73. The summed E-state index contributed by atoms with van der Waals surface area (Å²) in [6.07, 6.45) is 3.35. The molecule has 16 nitrogen and oxygen atoms in total. The molecule has 0 bridgehead atoms. The maximum atomic E-state index is 9.55. The zero-order valence-corrected chi connectivity index (χ0v) is 17.6. The van der Waals surface area contributed by atoms with E-state index in [4.69, 9.17) is 50.3 Å². The molecule has 0 fully saturated rings. The molecule has 0 radical (unpaired) electrons. The van der Waals surface area contributed by atoms with Gasteiger partial charge in [-0.2, -0.15) is 0 Å². The summed E-state index contributed by atoms with van der Waals surface area (Å²) in [6.45, 7) is 1.73. The lowest BCUT2D eigenvalue weighted by molar-refractivity contribution is -0.134. The molecule has 8 N–H and O–H groups in total. The smallest absolute Gasteiger partial charge is 0.328 e. The zero-order valence-electron chi connectivity index (χ0n) is 17.6. The van der Waals surface area contributed by atoms with Crippen LogP contribution in [0, 0.1) is 0 Å². The molecule has 34 heavy (non-hydrogen) atoms. The number of hydrogen-bond acceptors (Lipinski definition) is 10. The Kier molecular flexibility index (Phi) is 31.6. The normalized spacial score (nSPS) is 9.71. The van der Waals surface area contributed by atoms with Crippen LogP contribution in [0.3, 0.4) is 0 Å². The largest absolute Gasteiger partial charge is 0.478 e. The Morgan fingerprint density at radius 2 is 0.588 bits per heavy atom. The maximum Gasteiger partial charge on any atom is 0.328 e. The Labute approximate surface area is 191 Å². The summed E-state index contributed by atoms with van der Waals surface area (Å²) in [6, 6.07) is 0. The Balaban J connectivity index is -0.000000177. The van der Waals surface area contributed by atoms with E-state index in [1.807, 2.05) is 0 Å². The van der Waals surface area contributed by atoms with Gasteiger partial charge in [0.2, 0.25) is 0 Å². The van der Waals surface area contributed by atoms with E-state index >= 15 is 0 Å². The highest BCUT2D eigenvalue weighted by molar-refractivity contribution is 5.90. The second-order valence-electron chi connectivity index (χ2n) is 4.70. The van der Waals surface area contributed by atoms with Crippen LogP contribution in [0.5, 0.6) is 0 Å². The molecule has 0 spiro atoms. The van der Waals surface area contributed by atoms with Crippen molar-refractivity contribution in [3.05, 3.63) is 36.5 Å². The number of aliphatic carboxylic acids is 6. The van der Waals surface area contributed by atoms with Crippen LogP contribution in [0.4, 0.5) is 0 Å². The number of aliphatic hydroxyl groups is 2. The molecule has 0 aliphatic heterocycles. The quantitative estimate of drug-likeness (QED) is 0.102. The van der Waals surface area contributed by atoms with Crippen LogP contribution in [-0.2, 0) is 38.2 Å². The molecule has 0 aromatic heterocycles. The third-order valence-electron chi connectivity index (χ3n) is 1.95. The second-order valence-corrected chi connectivity index (χ2v) is 4.70. The minimum atomic E-state index is -1.26. The molecule has 0 amide bonds. The maximum absolute atomic E-state index is 9.55. The van der Waals surface area contributed by atoms with Gasteiger partial charge < -0.3 is 50.3 Å². The summed E-state index contributed by atoms with van der Waals surface area (Å²) in [4.78, 5) is 57.3. The Morgan fingerprint density at radius 3 is 0.706 bits per heavy atom. The van der Waals surface area contributed by atoms with Crippen molar-refractivity contribution in [1.82, 2.24) is 0 Å². The Morgan fingerprint density at radius 1 is 0.412 bits per heavy atom. The van der Waals surface area contributed by atoms with Crippen LogP contribution in [0.1, 0.15) is 0 Å². The molecule has 0 rings (SSSR count). The number of hydrogen-bond donors (Lipinski definition) is 8. The summed E-state index contributed by atoms with van der Waals surface area (Å²) in [5.41, 5.74) is 0. The molecule has 0 aliphatic rings. The summed E-state index contributed by atoms with van der Waals surface area (Å²) in [5.74, 6) is -7.54. The minimum absolute atomic E-state index is 0.0417. The van der Waals surface area contributed by atoms with E-state index in [1.165, 1.54) is 0 Å². The molecule has 0 aromatic rings.